The monoisotopic (exact) mass is 238 g/mol. The number of hydrogen-bond acceptors (Lipinski definition) is 3. The van der Waals surface area contributed by atoms with Gasteiger partial charge in [-0.3, -0.25) is 0 Å². The Morgan fingerprint density at radius 3 is 2.94 bits per heavy atom. The summed E-state index contributed by atoms with van der Waals surface area (Å²) in [6, 6.07) is 0. The lowest BCUT2D eigenvalue weighted by Gasteiger charge is -2.26. The van der Waals surface area contributed by atoms with Gasteiger partial charge in [-0.25, -0.2) is 4.98 Å². The van der Waals surface area contributed by atoms with E-state index < -0.39 is 0 Å². The van der Waals surface area contributed by atoms with E-state index in [0.29, 0.717) is 5.41 Å². The van der Waals surface area contributed by atoms with Crippen LogP contribution in [0.5, 0.6) is 0 Å². The fourth-order valence-corrected chi connectivity index (χ4v) is 3.58. The highest BCUT2D eigenvalue weighted by Gasteiger charge is 2.37. The second-order valence-electron chi connectivity index (χ2n) is 5.26. The molecule has 0 radical (unpaired) electrons. The van der Waals surface area contributed by atoms with Gasteiger partial charge < -0.3 is 5.73 Å². The molecule has 2 N–H and O–H groups in total. The van der Waals surface area contributed by atoms with Crippen molar-refractivity contribution in [2.75, 3.05) is 6.54 Å². The van der Waals surface area contributed by atoms with Crippen molar-refractivity contribution < 1.29 is 0 Å². The maximum Gasteiger partial charge on any atom is 0.0897 e. The van der Waals surface area contributed by atoms with Crippen molar-refractivity contribution in [2.24, 2.45) is 17.1 Å². The molecule has 0 saturated heterocycles. The molecule has 0 aliphatic heterocycles. The van der Waals surface area contributed by atoms with E-state index in [1.807, 2.05) is 0 Å². The summed E-state index contributed by atoms with van der Waals surface area (Å²) >= 11 is 1.75. The first-order valence-electron chi connectivity index (χ1n) is 6.28. The van der Waals surface area contributed by atoms with Gasteiger partial charge in [0.05, 0.1) is 10.7 Å². The average molecular weight is 238 g/mol. The lowest BCUT2D eigenvalue weighted by Crippen LogP contribution is -2.30. The summed E-state index contributed by atoms with van der Waals surface area (Å²) in [5.41, 5.74) is 7.62. The number of hydrogen-bond donors (Lipinski definition) is 1. The van der Waals surface area contributed by atoms with Crippen molar-refractivity contribution in [2.45, 2.75) is 46.0 Å². The van der Waals surface area contributed by atoms with Gasteiger partial charge in [0.25, 0.3) is 0 Å². The molecule has 2 rings (SSSR count). The van der Waals surface area contributed by atoms with Crippen LogP contribution in [0, 0.1) is 18.3 Å². The van der Waals surface area contributed by atoms with E-state index >= 15 is 0 Å². The van der Waals surface area contributed by atoms with Crippen molar-refractivity contribution in [1.82, 2.24) is 4.98 Å². The molecular weight excluding hydrogens is 216 g/mol. The predicted octanol–water partition coefficient (Wildman–Crippen LogP) is 3.15. The molecule has 90 valence electrons. The van der Waals surface area contributed by atoms with E-state index in [-0.39, 0.29) is 0 Å². The maximum atomic E-state index is 6.02. The van der Waals surface area contributed by atoms with Crippen LogP contribution in [0.1, 0.15) is 43.3 Å². The molecule has 1 aliphatic rings. The molecule has 1 aromatic heterocycles. The summed E-state index contributed by atoms with van der Waals surface area (Å²) in [5.74, 6) is 0.892. The van der Waals surface area contributed by atoms with Gasteiger partial charge in [0.1, 0.15) is 0 Å². The molecule has 2 nitrogen and oxygen atoms in total. The first-order valence-corrected chi connectivity index (χ1v) is 7.16. The Bertz CT molecular complexity index is 347. The summed E-state index contributed by atoms with van der Waals surface area (Å²) in [4.78, 5) is 4.58. The van der Waals surface area contributed by atoms with Gasteiger partial charge in [0.2, 0.25) is 0 Å². The SMILES string of the molecule is CCC1CCC(CN)(Cc2csc(C)n2)C1. The van der Waals surface area contributed by atoms with Crippen LogP contribution in [0.2, 0.25) is 0 Å². The van der Waals surface area contributed by atoms with Crippen LogP contribution in [-0.4, -0.2) is 11.5 Å². The van der Waals surface area contributed by atoms with Gasteiger partial charge >= 0.3 is 0 Å². The van der Waals surface area contributed by atoms with Gasteiger partial charge in [-0.05, 0) is 50.5 Å². The third kappa shape index (κ3) is 2.46. The minimum absolute atomic E-state index is 0.348. The Morgan fingerprint density at radius 1 is 1.62 bits per heavy atom. The highest BCUT2D eigenvalue weighted by atomic mass is 32.1. The summed E-state index contributed by atoms with van der Waals surface area (Å²) in [6.07, 6.45) is 6.34. The number of rotatable bonds is 4. The van der Waals surface area contributed by atoms with E-state index in [1.165, 1.54) is 36.4 Å². The number of thiazole rings is 1. The number of nitrogens with two attached hydrogens (primary N) is 1. The smallest absolute Gasteiger partial charge is 0.0897 e. The summed E-state index contributed by atoms with van der Waals surface area (Å²) in [5, 5.41) is 3.37. The molecular formula is C13H22N2S. The lowest BCUT2D eigenvalue weighted by atomic mass is 9.81. The Balaban J connectivity index is 2.06. The molecule has 1 aliphatic carbocycles. The van der Waals surface area contributed by atoms with Gasteiger partial charge in [0, 0.05) is 5.38 Å². The van der Waals surface area contributed by atoms with Crippen LogP contribution in [0.4, 0.5) is 0 Å². The predicted molar refractivity (Wildman–Crippen MR) is 69.7 cm³/mol. The molecule has 2 atom stereocenters. The maximum absolute atomic E-state index is 6.02. The lowest BCUT2D eigenvalue weighted by molar-refractivity contribution is 0.288. The second-order valence-corrected chi connectivity index (χ2v) is 6.32. The van der Waals surface area contributed by atoms with Gasteiger partial charge in [0.15, 0.2) is 0 Å². The van der Waals surface area contributed by atoms with Crippen molar-refractivity contribution >= 4 is 11.3 Å². The third-order valence-electron chi connectivity index (χ3n) is 4.04. The van der Waals surface area contributed by atoms with E-state index in [9.17, 15) is 0 Å². The van der Waals surface area contributed by atoms with Crippen LogP contribution in [-0.2, 0) is 6.42 Å². The molecule has 0 spiro atoms. The minimum atomic E-state index is 0.348. The summed E-state index contributed by atoms with van der Waals surface area (Å²) in [6.45, 7) is 5.19. The second kappa shape index (κ2) is 4.84. The molecule has 2 unspecified atom stereocenters. The Morgan fingerprint density at radius 2 is 2.44 bits per heavy atom. The number of aryl methyl sites for hydroxylation is 1. The van der Waals surface area contributed by atoms with Gasteiger partial charge in [-0.15, -0.1) is 11.3 Å². The topological polar surface area (TPSA) is 38.9 Å². The molecule has 0 aromatic carbocycles. The zero-order valence-corrected chi connectivity index (χ0v) is 11.1. The van der Waals surface area contributed by atoms with Crippen LogP contribution in [0.3, 0.4) is 0 Å². The van der Waals surface area contributed by atoms with Crippen molar-refractivity contribution in [1.29, 1.82) is 0 Å². The Labute approximate surface area is 102 Å². The Hall–Kier alpha value is -0.410. The summed E-state index contributed by atoms with van der Waals surface area (Å²) < 4.78 is 0. The van der Waals surface area contributed by atoms with Crippen molar-refractivity contribution in [3.63, 3.8) is 0 Å². The zero-order chi connectivity index (χ0) is 11.6. The molecule has 1 fully saturated rings. The van der Waals surface area contributed by atoms with Crippen molar-refractivity contribution in [3.05, 3.63) is 16.1 Å². The quantitative estimate of drug-likeness (QED) is 0.875. The molecule has 1 aromatic rings. The van der Waals surface area contributed by atoms with Crippen LogP contribution in [0.15, 0.2) is 5.38 Å². The van der Waals surface area contributed by atoms with Crippen LogP contribution < -0.4 is 5.73 Å². The molecule has 16 heavy (non-hydrogen) atoms. The largest absolute Gasteiger partial charge is 0.330 e. The first-order chi connectivity index (χ1) is 7.67. The van der Waals surface area contributed by atoms with Crippen LogP contribution >= 0.6 is 11.3 Å². The number of nitrogens with zero attached hydrogens (tertiary/aromatic N) is 1. The average Bonchev–Trinajstić information content (AvgIpc) is 2.87. The highest BCUT2D eigenvalue weighted by Crippen LogP contribution is 2.44. The molecule has 3 heteroatoms. The summed E-state index contributed by atoms with van der Waals surface area (Å²) in [7, 11) is 0. The van der Waals surface area contributed by atoms with E-state index in [2.05, 4.69) is 24.2 Å². The van der Waals surface area contributed by atoms with E-state index in [4.69, 9.17) is 5.73 Å². The minimum Gasteiger partial charge on any atom is -0.330 e. The molecule has 1 heterocycles. The zero-order valence-electron chi connectivity index (χ0n) is 10.3. The Kier molecular flexibility index (Phi) is 3.65. The molecule has 0 amide bonds. The standard InChI is InChI=1S/C13H22N2S/c1-3-11-4-5-13(6-11,9-14)7-12-8-16-10(2)15-12/h8,11H,3-7,9,14H2,1-2H3. The third-order valence-corrected chi connectivity index (χ3v) is 4.86. The van der Waals surface area contributed by atoms with Gasteiger partial charge in [-0.1, -0.05) is 13.3 Å². The normalized spacial score (nSPS) is 29.8. The molecule has 0 bridgehead atoms. The van der Waals surface area contributed by atoms with E-state index in [0.717, 1.165) is 18.9 Å². The van der Waals surface area contributed by atoms with Crippen LogP contribution in [0.25, 0.3) is 0 Å². The van der Waals surface area contributed by atoms with Gasteiger partial charge in [-0.2, -0.15) is 0 Å². The fraction of sp³-hybridized carbons (Fsp3) is 0.769. The van der Waals surface area contributed by atoms with Crippen molar-refractivity contribution in [3.8, 4) is 0 Å². The highest BCUT2D eigenvalue weighted by molar-refractivity contribution is 7.09. The fourth-order valence-electron chi connectivity index (χ4n) is 2.97. The molecule has 1 saturated carbocycles. The van der Waals surface area contributed by atoms with E-state index in [1.54, 1.807) is 11.3 Å². The number of aromatic nitrogens is 1. The first kappa shape index (κ1) is 12.1.